The Balaban J connectivity index is 1.34. The predicted molar refractivity (Wildman–Crippen MR) is 146 cm³/mol. The van der Waals surface area contributed by atoms with Crippen LogP contribution in [-0.2, 0) is 0 Å². The van der Waals surface area contributed by atoms with E-state index in [1.807, 2.05) is 42.6 Å². The molecular weight excluding hydrogens is 434 g/mol. The summed E-state index contributed by atoms with van der Waals surface area (Å²) in [4.78, 5) is 4.85. The molecule has 4 heteroatoms. The molecule has 0 saturated carbocycles. The molecule has 0 bridgehead atoms. The predicted octanol–water partition coefficient (Wildman–Crippen LogP) is 9.01. The van der Waals surface area contributed by atoms with E-state index in [-0.39, 0.29) is 6.29 Å². The van der Waals surface area contributed by atoms with Crippen molar-refractivity contribution < 1.29 is 14.2 Å². The van der Waals surface area contributed by atoms with Crippen LogP contribution in [0, 0.1) is 0 Å². The van der Waals surface area contributed by atoms with Gasteiger partial charge in [-0.25, -0.2) is 0 Å². The first-order valence-corrected chi connectivity index (χ1v) is 13.4. The van der Waals surface area contributed by atoms with E-state index in [0.29, 0.717) is 0 Å². The van der Waals surface area contributed by atoms with E-state index in [1.165, 1.54) is 57.8 Å². The van der Waals surface area contributed by atoms with Crippen LogP contribution in [0.5, 0.6) is 17.2 Å². The highest BCUT2D eigenvalue weighted by Crippen LogP contribution is 2.48. The van der Waals surface area contributed by atoms with Gasteiger partial charge in [0.2, 0.25) is 6.29 Å². The van der Waals surface area contributed by atoms with Crippen molar-refractivity contribution in [1.29, 1.82) is 0 Å². The minimum atomic E-state index is -0.231. The highest BCUT2D eigenvalue weighted by Gasteiger charge is 2.28. The minimum Gasteiger partial charge on any atom is -0.497 e. The second-order valence-electron chi connectivity index (χ2n) is 9.44. The highest BCUT2D eigenvalue weighted by atomic mass is 16.7. The van der Waals surface area contributed by atoms with E-state index in [2.05, 4.69) is 25.1 Å². The summed E-state index contributed by atoms with van der Waals surface area (Å²) in [5.74, 6) is 2.38. The lowest BCUT2D eigenvalue weighted by Crippen LogP contribution is -2.17. The Morgan fingerprint density at radius 2 is 1.51 bits per heavy atom. The highest BCUT2D eigenvalue weighted by molar-refractivity contribution is 6.00. The van der Waals surface area contributed by atoms with E-state index in [4.69, 9.17) is 19.2 Å². The van der Waals surface area contributed by atoms with E-state index < -0.39 is 0 Å². The fourth-order valence-corrected chi connectivity index (χ4v) is 4.66. The Kier molecular flexibility index (Phi) is 9.45. The molecule has 3 aromatic carbocycles. The summed E-state index contributed by atoms with van der Waals surface area (Å²) < 4.78 is 17.8. The molecule has 0 radical (unpaired) electrons. The first-order chi connectivity index (χ1) is 17.3. The Hall–Kier alpha value is -3.01. The van der Waals surface area contributed by atoms with E-state index in [0.717, 1.165) is 52.1 Å². The molecule has 0 aliphatic carbocycles. The van der Waals surface area contributed by atoms with Crippen LogP contribution >= 0.6 is 0 Å². The number of ether oxygens (including phenoxy) is 3. The molecule has 0 spiro atoms. The SMILES string of the molecule is CCCCCCCCCCCCC1Oc2cc3ccccc3c(N=Cc3ccc(OC)cc3)c2O1. The van der Waals surface area contributed by atoms with Crippen LogP contribution in [0.4, 0.5) is 5.69 Å². The molecule has 0 amide bonds. The second-order valence-corrected chi connectivity index (χ2v) is 9.44. The van der Waals surface area contributed by atoms with Gasteiger partial charge in [0.15, 0.2) is 11.5 Å². The molecule has 0 fully saturated rings. The molecule has 35 heavy (non-hydrogen) atoms. The van der Waals surface area contributed by atoms with Gasteiger partial charge in [-0.1, -0.05) is 89.0 Å². The summed E-state index contributed by atoms with van der Waals surface area (Å²) in [5.41, 5.74) is 1.84. The normalized spacial score (nSPS) is 14.7. The van der Waals surface area contributed by atoms with Crippen molar-refractivity contribution in [1.82, 2.24) is 0 Å². The zero-order chi connectivity index (χ0) is 24.3. The van der Waals surface area contributed by atoms with Crippen LogP contribution in [-0.4, -0.2) is 19.6 Å². The molecule has 0 saturated heterocycles. The Morgan fingerprint density at radius 1 is 0.829 bits per heavy atom. The molecule has 3 aromatic rings. The summed E-state index contributed by atoms with van der Waals surface area (Å²) in [7, 11) is 1.67. The zero-order valence-corrected chi connectivity index (χ0v) is 21.3. The second kappa shape index (κ2) is 13.2. The maximum absolute atomic E-state index is 6.30. The van der Waals surface area contributed by atoms with E-state index in [1.54, 1.807) is 7.11 Å². The standard InChI is InChI=1S/C31H39NO3/c1-3-4-5-6-7-8-9-10-11-12-17-29-34-28-22-25-15-13-14-16-27(25)30(31(28)35-29)32-23-24-18-20-26(33-2)21-19-24/h13-16,18-23,29H,3-12,17H2,1-2H3. The largest absolute Gasteiger partial charge is 0.497 e. The van der Waals surface area contributed by atoms with E-state index >= 15 is 0 Å². The summed E-state index contributed by atoms with van der Waals surface area (Å²) in [6, 6.07) is 18.2. The number of benzene rings is 3. The molecule has 1 aliphatic rings. The lowest BCUT2D eigenvalue weighted by molar-refractivity contribution is 0.0398. The number of fused-ring (bicyclic) bond motifs is 2. The van der Waals surface area contributed by atoms with Gasteiger partial charge in [0.1, 0.15) is 11.4 Å². The van der Waals surface area contributed by atoms with Gasteiger partial charge in [-0.05, 0) is 47.7 Å². The minimum absolute atomic E-state index is 0.231. The third kappa shape index (κ3) is 7.00. The number of hydrogen-bond donors (Lipinski definition) is 0. The van der Waals surface area contributed by atoms with Crippen LogP contribution in [0.3, 0.4) is 0 Å². The molecule has 4 rings (SSSR count). The monoisotopic (exact) mass is 473 g/mol. The molecule has 186 valence electrons. The number of methoxy groups -OCH3 is 1. The van der Waals surface area contributed by atoms with Crippen molar-refractivity contribution in [3.8, 4) is 17.2 Å². The Bertz CT molecular complexity index is 1090. The maximum atomic E-state index is 6.30. The number of hydrogen-bond acceptors (Lipinski definition) is 4. The summed E-state index contributed by atoms with van der Waals surface area (Å²) in [5, 5.41) is 2.18. The average Bonchev–Trinajstić information content (AvgIpc) is 3.30. The molecule has 1 atom stereocenters. The van der Waals surface area contributed by atoms with Gasteiger partial charge in [-0.3, -0.25) is 4.99 Å². The van der Waals surface area contributed by atoms with Gasteiger partial charge in [0, 0.05) is 18.0 Å². The quantitative estimate of drug-likeness (QED) is 0.173. The molecule has 4 nitrogen and oxygen atoms in total. The molecule has 1 heterocycles. The smallest absolute Gasteiger partial charge is 0.241 e. The van der Waals surface area contributed by atoms with Crippen molar-refractivity contribution in [3.63, 3.8) is 0 Å². The topological polar surface area (TPSA) is 40.0 Å². The van der Waals surface area contributed by atoms with Gasteiger partial charge in [0.25, 0.3) is 0 Å². The van der Waals surface area contributed by atoms with Crippen LogP contribution in [0.15, 0.2) is 59.6 Å². The Morgan fingerprint density at radius 3 is 2.23 bits per heavy atom. The Labute approximate surface area is 210 Å². The summed E-state index contributed by atoms with van der Waals surface area (Å²) in [6.45, 7) is 2.27. The van der Waals surface area contributed by atoms with Crippen molar-refractivity contribution >= 4 is 22.7 Å². The maximum Gasteiger partial charge on any atom is 0.241 e. The van der Waals surface area contributed by atoms with Gasteiger partial charge in [-0.15, -0.1) is 0 Å². The van der Waals surface area contributed by atoms with Crippen LogP contribution < -0.4 is 14.2 Å². The van der Waals surface area contributed by atoms with Crippen molar-refractivity contribution in [2.45, 2.75) is 83.8 Å². The molecule has 1 unspecified atom stereocenters. The number of rotatable bonds is 14. The third-order valence-electron chi connectivity index (χ3n) is 6.70. The summed E-state index contributed by atoms with van der Waals surface area (Å²) in [6.07, 6.45) is 15.8. The van der Waals surface area contributed by atoms with Gasteiger partial charge < -0.3 is 14.2 Å². The number of aliphatic imine (C=N–C) groups is 1. The van der Waals surface area contributed by atoms with Crippen LogP contribution in [0.25, 0.3) is 10.8 Å². The first kappa shape index (κ1) is 25.1. The number of nitrogens with zero attached hydrogens (tertiary/aromatic N) is 1. The molecule has 0 N–H and O–H groups in total. The van der Waals surface area contributed by atoms with Gasteiger partial charge >= 0.3 is 0 Å². The van der Waals surface area contributed by atoms with Crippen LogP contribution in [0.2, 0.25) is 0 Å². The van der Waals surface area contributed by atoms with Crippen molar-refractivity contribution in [2.24, 2.45) is 4.99 Å². The molecular formula is C31H39NO3. The van der Waals surface area contributed by atoms with E-state index in [9.17, 15) is 0 Å². The molecule has 0 aromatic heterocycles. The first-order valence-electron chi connectivity index (χ1n) is 13.4. The average molecular weight is 474 g/mol. The fourth-order valence-electron chi connectivity index (χ4n) is 4.66. The van der Waals surface area contributed by atoms with Crippen molar-refractivity contribution in [2.75, 3.05) is 7.11 Å². The zero-order valence-electron chi connectivity index (χ0n) is 21.3. The fraction of sp³-hybridized carbons (Fsp3) is 0.452. The summed E-state index contributed by atoms with van der Waals surface area (Å²) >= 11 is 0. The van der Waals surface area contributed by atoms with Gasteiger partial charge in [-0.2, -0.15) is 0 Å². The number of unbranched alkanes of at least 4 members (excludes halogenated alkanes) is 9. The lowest BCUT2D eigenvalue weighted by Gasteiger charge is -2.10. The molecule has 1 aliphatic heterocycles. The van der Waals surface area contributed by atoms with Gasteiger partial charge in [0.05, 0.1) is 7.11 Å². The van der Waals surface area contributed by atoms with Crippen molar-refractivity contribution in [3.05, 3.63) is 60.2 Å². The third-order valence-corrected chi connectivity index (χ3v) is 6.70. The lowest BCUT2D eigenvalue weighted by atomic mass is 10.1. The van der Waals surface area contributed by atoms with Crippen LogP contribution in [0.1, 0.15) is 83.1 Å².